The van der Waals surface area contributed by atoms with Crippen LogP contribution in [0.15, 0.2) is 48.5 Å². The number of nitrogens with one attached hydrogen (secondary N) is 1. The zero-order valence-electron chi connectivity index (χ0n) is 15.4. The average Bonchev–Trinajstić information content (AvgIpc) is 2.58. The van der Waals surface area contributed by atoms with Crippen molar-refractivity contribution in [2.45, 2.75) is 46.1 Å². The van der Waals surface area contributed by atoms with Crippen molar-refractivity contribution in [3.8, 4) is 0 Å². The molecule has 0 saturated heterocycles. The number of aryl methyl sites for hydroxylation is 2. The summed E-state index contributed by atoms with van der Waals surface area (Å²) in [6.45, 7) is 9.03. The monoisotopic (exact) mass is 339 g/mol. The van der Waals surface area contributed by atoms with E-state index >= 15 is 0 Å². The first-order chi connectivity index (χ1) is 11.7. The Hall–Kier alpha value is -2.62. The molecule has 0 aliphatic rings. The Labute approximate surface area is 149 Å². The minimum atomic E-state index is -0.880. The van der Waals surface area contributed by atoms with E-state index in [1.807, 2.05) is 62.4 Å². The molecular formula is C21H25NO3. The van der Waals surface area contributed by atoms with E-state index in [9.17, 15) is 9.59 Å². The zero-order chi connectivity index (χ0) is 18.6. The van der Waals surface area contributed by atoms with E-state index < -0.39 is 17.5 Å². The summed E-state index contributed by atoms with van der Waals surface area (Å²) in [6.07, 6.45) is -0.880. The van der Waals surface area contributed by atoms with Gasteiger partial charge in [0.15, 0.2) is 6.10 Å². The SMILES string of the molecule is Cc1cccc(C)c1NC(=O)[C@H](C)OC(=O)C(C)(C)c1ccccc1. The van der Waals surface area contributed by atoms with Crippen molar-refractivity contribution in [1.82, 2.24) is 0 Å². The lowest BCUT2D eigenvalue weighted by atomic mass is 9.85. The smallest absolute Gasteiger partial charge is 0.316 e. The molecule has 2 aromatic rings. The van der Waals surface area contributed by atoms with E-state index in [1.54, 1.807) is 20.8 Å². The van der Waals surface area contributed by atoms with E-state index in [1.165, 1.54) is 0 Å². The molecule has 0 bridgehead atoms. The van der Waals surface area contributed by atoms with Gasteiger partial charge in [0.2, 0.25) is 0 Å². The van der Waals surface area contributed by atoms with Crippen molar-refractivity contribution >= 4 is 17.6 Å². The van der Waals surface area contributed by atoms with Crippen LogP contribution in [0.1, 0.15) is 37.5 Å². The fourth-order valence-corrected chi connectivity index (χ4v) is 2.57. The van der Waals surface area contributed by atoms with Gasteiger partial charge in [-0.15, -0.1) is 0 Å². The van der Waals surface area contributed by atoms with Crippen LogP contribution < -0.4 is 5.32 Å². The number of carbonyl (C=O) groups excluding carboxylic acids is 2. The highest BCUT2D eigenvalue weighted by Gasteiger charge is 2.33. The molecule has 1 N–H and O–H groups in total. The van der Waals surface area contributed by atoms with Crippen LogP contribution in [0.25, 0.3) is 0 Å². The molecule has 0 spiro atoms. The molecule has 1 atom stereocenters. The molecule has 0 fully saturated rings. The summed E-state index contributed by atoms with van der Waals surface area (Å²) in [4.78, 5) is 25.0. The van der Waals surface area contributed by atoms with Crippen LogP contribution in [0, 0.1) is 13.8 Å². The van der Waals surface area contributed by atoms with Gasteiger partial charge in [0.1, 0.15) is 0 Å². The van der Waals surface area contributed by atoms with Crippen LogP contribution in [-0.2, 0) is 19.7 Å². The van der Waals surface area contributed by atoms with Crippen molar-refractivity contribution in [2.75, 3.05) is 5.32 Å². The number of para-hydroxylation sites is 1. The Kier molecular flexibility index (Phi) is 5.62. The molecule has 25 heavy (non-hydrogen) atoms. The molecular weight excluding hydrogens is 314 g/mol. The van der Waals surface area contributed by atoms with Gasteiger partial charge in [-0.05, 0) is 51.3 Å². The second-order valence-corrected chi connectivity index (χ2v) is 6.79. The molecule has 0 aromatic heterocycles. The van der Waals surface area contributed by atoms with E-state index in [0.29, 0.717) is 0 Å². The van der Waals surface area contributed by atoms with Crippen LogP contribution in [0.5, 0.6) is 0 Å². The topological polar surface area (TPSA) is 55.4 Å². The predicted molar refractivity (Wildman–Crippen MR) is 99.6 cm³/mol. The standard InChI is InChI=1S/C21H25NO3/c1-14-10-9-11-15(2)18(14)22-19(23)16(3)25-20(24)21(4,5)17-12-7-6-8-13-17/h6-13,16H,1-5H3,(H,22,23)/t16-/m0/s1. The van der Waals surface area contributed by atoms with Gasteiger partial charge in [0.05, 0.1) is 5.41 Å². The van der Waals surface area contributed by atoms with Crippen molar-refractivity contribution in [1.29, 1.82) is 0 Å². The zero-order valence-corrected chi connectivity index (χ0v) is 15.4. The third kappa shape index (κ3) is 4.27. The average molecular weight is 339 g/mol. The van der Waals surface area contributed by atoms with Gasteiger partial charge in [-0.1, -0.05) is 48.5 Å². The largest absolute Gasteiger partial charge is 0.452 e. The lowest BCUT2D eigenvalue weighted by Crippen LogP contribution is -2.37. The molecule has 2 aromatic carbocycles. The molecule has 4 heteroatoms. The van der Waals surface area contributed by atoms with Crippen LogP contribution in [0.2, 0.25) is 0 Å². The molecule has 0 saturated carbocycles. The van der Waals surface area contributed by atoms with Crippen molar-refractivity contribution in [2.24, 2.45) is 0 Å². The number of benzene rings is 2. The highest BCUT2D eigenvalue weighted by Crippen LogP contribution is 2.25. The second-order valence-electron chi connectivity index (χ2n) is 6.79. The van der Waals surface area contributed by atoms with Gasteiger partial charge >= 0.3 is 5.97 Å². The summed E-state index contributed by atoms with van der Waals surface area (Å²) in [5, 5.41) is 2.86. The molecule has 0 radical (unpaired) electrons. The Morgan fingerprint density at radius 2 is 1.52 bits per heavy atom. The van der Waals surface area contributed by atoms with E-state index in [0.717, 1.165) is 22.4 Å². The van der Waals surface area contributed by atoms with Crippen molar-refractivity contribution < 1.29 is 14.3 Å². The number of ether oxygens (including phenoxy) is 1. The summed E-state index contributed by atoms with van der Waals surface area (Å²) in [5.74, 6) is -0.766. The van der Waals surface area contributed by atoms with Crippen LogP contribution in [0.4, 0.5) is 5.69 Å². The highest BCUT2D eigenvalue weighted by molar-refractivity contribution is 5.97. The summed E-state index contributed by atoms with van der Waals surface area (Å²) in [5.41, 5.74) is 2.72. The summed E-state index contributed by atoms with van der Waals surface area (Å²) in [7, 11) is 0. The molecule has 132 valence electrons. The third-order valence-electron chi connectivity index (χ3n) is 4.39. The first-order valence-electron chi connectivity index (χ1n) is 8.37. The molecule has 4 nitrogen and oxygen atoms in total. The normalized spacial score (nSPS) is 12.4. The minimum Gasteiger partial charge on any atom is -0.452 e. The Morgan fingerprint density at radius 3 is 2.08 bits per heavy atom. The maximum atomic E-state index is 12.6. The Bertz CT molecular complexity index is 746. The third-order valence-corrected chi connectivity index (χ3v) is 4.39. The molecule has 0 aliphatic carbocycles. The predicted octanol–water partition coefficient (Wildman–Crippen LogP) is 4.15. The lowest BCUT2D eigenvalue weighted by molar-refractivity contribution is -0.158. The van der Waals surface area contributed by atoms with Crippen LogP contribution in [0.3, 0.4) is 0 Å². The number of rotatable bonds is 5. The minimum absolute atomic E-state index is 0.338. The molecule has 1 amide bonds. The Balaban J connectivity index is 2.07. The van der Waals surface area contributed by atoms with Gasteiger partial charge in [0, 0.05) is 5.69 Å². The lowest BCUT2D eigenvalue weighted by Gasteiger charge is -2.25. The van der Waals surface area contributed by atoms with Gasteiger partial charge in [-0.2, -0.15) is 0 Å². The maximum absolute atomic E-state index is 12.6. The van der Waals surface area contributed by atoms with Gasteiger partial charge < -0.3 is 10.1 Å². The summed E-state index contributed by atoms with van der Waals surface area (Å²) >= 11 is 0. The second kappa shape index (κ2) is 7.51. The van der Waals surface area contributed by atoms with E-state index in [4.69, 9.17) is 4.74 Å². The summed E-state index contributed by atoms with van der Waals surface area (Å²) in [6, 6.07) is 15.2. The molecule has 0 heterocycles. The Morgan fingerprint density at radius 1 is 0.960 bits per heavy atom. The molecule has 2 rings (SSSR count). The summed E-state index contributed by atoms with van der Waals surface area (Å²) < 4.78 is 5.43. The first kappa shape index (κ1) is 18.7. The number of esters is 1. The quantitative estimate of drug-likeness (QED) is 0.833. The number of carbonyl (C=O) groups is 2. The number of anilines is 1. The molecule has 0 unspecified atom stereocenters. The fraction of sp³-hybridized carbons (Fsp3) is 0.333. The number of hydrogen-bond acceptors (Lipinski definition) is 3. The number of amides is 1. The van der Waals surface area contributed by atoms with Crippen molar-refractivity contribution in [3.05, 3.63) is 65.2 Å². The van der Waals surface area contributed by atoms with E-state index in [2.05, 4.69) is 5.32 Å². The maximum Gasteiger partial charge on any atom is 0.316 e. The fourth-order valence-electron chi connectivity index (χ4n) is 2.57. The number of hydrogen-bond donors (Lipinski definition) is 1. The first-order valence-corrected chi connectivity index (χ1v) is 8.37. The van der Waals surface area contributed by atoms with Gasteiger partial charge in [-0.25, -0.2) is 0 Å². The van der Waals surface area contributed by atoms with Crippen LogP contribution in [-0.4, -0.2) is 18.0 Å². The van der Waals surface area contributed by atoms with Gasteiger partial charge in [0.25, 0.3) is 5.91 Å². The highest BCUT2D eigenvalue weighted by atomic mass is 16.5. The molecule has 0 aliphatic heterocycles. The van der Waals surface area contributed by atoms with Crippen molar-refractivity contribution in [3.63, 3.8) is 0 Å². The van der Waals surface area contributed by atoms with Gasteiger partial charge in [-0.3, -0.25) is 9.59 Å². The van der Waals surface area contributed by atoms with E-state index in [-0.39, 0.29) is 5.91 Å². The van der Waals surface area contributed by atoms with Crippen LogP contribution >= 0.6 is 0 Å².